The molecule has 0 aromatic heterocycles. The zero-order chi connectivity index (χ0) is 11.3. The van der Waals surface area contributed by atoms with Gasteiger partial charge in [0.05, 0.1) is 5.41 Å². The van der Waals surface area contributed by atoms with Crippen LogP contribution in [0.4, 0.5) is 0 Å². The predicted octanol–water partition coefficient (Wildman–Crippen LogP) is 2.48. The first-order valence-electron chi connectivity index (χ1n) is 4.99. The van der Waals surface area contributed by atoms with Gasteiger partial charge < -0.3 is 5.32 Å². The van der Waals surface area contributed by atoms with Crippen molar-refractivity contribution < 1.29 is 4.79 Å². The Morgan fingerprint density at radius 3 is 2.47 bits per heavy atom. The molecule has 0 saturated carbocycles. The van der Waals surface area contributed by atoms with Crippen LogP contribution >= 0.6 is 15.9 Å². The maximum absolute atomic E-state index is 11.9. The smallest absolute Gasteiger partial charge is 0.230 e. The molecule has 0 atom stereocenters. The molecule has 0 aliphatic carbocycles. The van der Waals surface area contributed by atoms with Gasteiger partial charge in [-0.2, -0.15) is 0 Å². The van der Waals surface area contributed by atoms with E-state index in [2.05, 4.69) is 21.2 Å². The lowest BCUT2D eigenvalue weighted by atomic mass is 9.84. The number of halogens is 1. The highest BCUT2D eigenvalue weighted by Crippen LogP contribution is 2.22. The zero-order valence-corrected chi connectivity index (χ0v) is 10.7. The normalized spacial score (nSPS) is 11.1. The number of nitrogens with one attached hydrogen (secondary N) is 1. The third kappa shape index (κ3) is 3.06. The van der Waals surface area contributed by atoms with Gasteiger partial charge in [0.2, 0.25) is 5.91 Å². The Kier molecular flexibility index (Phi) is 4.33. The Bertz CT molecular complexity index is 322. The fourth-order valence-corrected chi connectivity index (χ4v) is 1.57. The fourth-order valence-electron chi connectivity index (χ4n) is 1.37. The summed E-state index contributed by atoms with van der Waals surface area (Å²) in [5, 5.41) is 3.67. The van der Waals surface area contributed by atoms with Crippen molar-refractivity contribution in [3.05, 3.63) is 35.9 Å². The fraction of sp³-hybridized carbons (Fsp3) is 0.417. The minimum Gasteiger partial charge on any atom is -0.355 e. The summed E-state index contributed by atoms with van der Waals surface area (Å²) in [6, 6.07) is 9.82. The minimum absolute atomic E-state index is 0.0631. The molecule has 1 aromatic carbocycles. The number of alkyl halides is 1. The van der Waals surface area contributed by atoms with Crippen molar-refractivity contribution in [1.82, 2.24) is 5.32 Å². The van der Waals surface area contributed by atoms with Gasteiger partial charge in [-0.3, -0.25) is 4.79 Å². The van der Waals surface area contributed by atoms with Crippen LogP contribution in [0, 0.1) is 0 Å². The van der Waals surface area contributed by atoms with Gasteiger partial charge in [0.15, 0.2) is 0 Å². The van der Waals surface area contributed by atoms with E-state index in [1.165, 1.54) is 0 Å². The Morgan fingerprint density at radius 2 is 1.93 bits per heavy atom. The predicted molar refractivity (Wildman–Crippen MR) is 66.3 cm³/mol. The van der Waals surface area contributed by atoms with E-state index in [4.69, 9.17) is 0 Å². The highest BCUT2D eigenvalue weighted by molar-refractivity contribution is 9.09. The lowest BCUT2D eigenvalue weighted by Gasteiger charge is -2.23. The molecule has 0 bridgehead atoms. The summed E-state index contributed by atoms with van der Waals surface area (Å²) in [7, 11) is 0. The molecule has 0 radical (unpaired) electrons. The number of carbonyl (C=O) groups excluding carboxylic acids is 1. The molecule has 0 aliphatic rings. The molecule has 0 saturated heterocycles. The molecule has 0 spiro atoms. The molecule has 1 rings (SSSR count). The van der Waals surface area contributed by atoms with E-state index < -0.39 is 5.41 Å². The topological polar surface area (TPSA) is 29.1 Å². The summed E-state index contributed by atoms with van der Waals surface area (Å²) < 4.78 is 0. The first-order chi connectivity index (χ1) is 7.09. The number of rotatable bonds is 4. The van der Waals surface area contributed by atoms with E-state index >= 15 is 0 Å². The Morgan fingerprint density at radius 1 is 1.33 bits per heavy atom. The second-order valence-electron chi connectivity index (χ2n) is 3.94. The average molecular weight is 270 g/mol. The number of benzene rings is 1. The lowest BCUT2D eigenvalue weighted by molar-refractivity contribution is -0.125. The van der Waals surface area contributed by atoms with Crippen LogP contribution in [-0.2, 0) is 10.2 Å². The van der Waals surface area contributed by atoms with Crippen molar-refractivity contribution in [2.75, 3.05) is 11.9 Å². The molecular weight excluding hydrogens is 254 g/mol. The molecule has 0 unspecified atom stereocenters. The third-order valence-corrected chi connectivity index (χ3v) is 2.84. The summed E-state index contributed by atoms with van der Waals surface area (Å²) in [5.41, 5.74) is 0.570. The molecule has 0 heterocycles. The molecule has 1 amide bonds. The first-order valence-corrected chi connectivity index (χ1v) is 6.11. The van der Waals surface area contributed by atoms with Crippen LogP contribution in [0.1, 0.15) is 19.4 Å². The van der Waals surface area contributed by atoms with Crippen LogP contribution in [0.5, 0.6) is 0 Å². The molecule has 2 nitrogen and oxygen atoms in total. The van der Waals surface area contributed by atoms with Crippen LogP contribution in [0.25, 0.3) is 0 Å². The van der Waals surface area contributed by atoms with Crippen molar-refractivity contribution in [2.24, 2.45) is 0 Å². The van der Waals surface area contributed by atoms with E-state index in [1.807, 2.05) is 44.2 Å². The van der Waals surface area contributed by atoms with Gasteiger partial charge in [-0.1, -0.05) is 46.3 Å². The van der Waals surface area contributed by atoms with Crippen LogP contribution in [-0.4, -0.2) is 17.8 Å². The highest BCUT2D eigenvalue weighted by Gasteiger charge is 2.28. The second kappa shape index (κ2) is 5.31. The van der Waals surface area contributed by atoms with E-state index in [0.717, 1.165) is 10.9 Å². The van der Waals surface area contributed by atoms with Gasteiger partial charge in [-0.05, 0) is 19.4 Å². The average Bonchev–Trinajstić information content (AvgIpc) is 2.27. The summed E-state index contributed by atoms with van der Waals surface area (Å²) in [6.45, 7) is 4.53. The summed E-state index contributed by atoms with van der Waals surface area (Å²) >= 11 is 3.29. The number of carbonyl (C=O) groups is 1. The summed E-state index contributed by atoms with van der Waals surface area (Å²) in [6.07, 6.45) is 0. The lowest BCUT2D eigenvalue weighted by Crippen LogP contribution is -2.40. The summed E-state index contributed by atoms with van der Waals surface area (Å²) in [5.74, 6) is 0.0631. The van der Waals surface area contributed by atoms with Gasteiger partial charge in [0.25, 0.3) is 0 Å². The van der Waals surface area contributed by atoms with Crippen molar-refractivity contribution in [3.63, 3.8) is 0 Å². The molecule has 15 heavy (non-hydrogen) atoms. The third-order valence-electron chi connectivity index (χ3n) is 2.44. The zero-order valence-electron chi connectivity index (χ0n) is 9.09. The maximum Gasteiger partial charge on any atom is 0.230 e. The van der Waals surface area contributed by atoms with Crippen molar-refractivity contribution >= 4 is 21.8 Å². The number of hydrogen-bond donors (Lipinski definition) is 1. The van der Waals surface area contributed by atoms with Crippen molar-refractivity contribution in [1.29, 1.82) is 0 Å². The largest absolute Gasteiger partial charge is 0.355 e. The molecule has 1 aromatic rings. The van der Waals surface area contributed by atoms with Crippen molar-refractivity contribution in [3.8, 4) is 0 Å². The molecular formula is C12H16BrNO. The molecule has 1 N–H and O–H groups in total. The Balaban J connectivity index is 2.78. The summed E-state index contributed by atoms with van der Waals surface area (Å²) in [4.78, 5) is 11.9. The van der Waals surface area contributed by atoms with Gasteiger partial charge in [0.1, 0.15) is 0 Å². The quantitative estimate of drug-likeness (QED) is 0.837. The van der Waals surface area contributed by atoms with E-state index in [1.54, 1.807) is 0 Å². The van der Waals surface area contributed by atoms with Gasteiger partial charge >= 0.3 is 0 Å². The van der Waals surface area contributed by atoms with Crippen LogP contribution in [0.3, 0.4) is 0 Å². The van der Waals surface area contributed by atoms with Gasteiger partial charge in [-0.15, -0.1) is 0 Å². The Hall–Kier alpha value is -0.830. The van der Waals surface area contributed by atoms with Crippen LogP contribution < -0.4 is 5.32 Å². The Labute approximate surface area is 99.2 Å². The first kappa shape index (κ1) is 12.2. The molecule has 0 fully saturated rings. The molecule has 0 aliphatic heterocycles. The SMILES string of the molecule is CC(C)(C(=O)NCCBr)c1ccccc1. The standard InChI is InChI=1S/C12H16BrNO/c1-12(2,11(15)14-9-8-13)10-6-4-3-5-7-10/h3-7H,8-9H2,1-2H3,(H,14,15). The van der Waals surface area contributed by atoms with Gasteiger partial charge in [0, 0.05) is 11.9 Å². The van der Waals surface area contributed by atoms with Crippen LogP contribution in [0.15, 0.2) is 30.3 Å². The number of amides is 1. The molecule has 3 heteroatoms. The van der Waals surface area contributed by atoms with Gasteiger partial charge in [-0.25, -0.2) is 0 Å². The van der Waals surface area contributed by atoms with E-state index in [-0.39, 0.29) is 5.91 Å². The van der Waals surface area contributed by atoms with E-state index in [9.17, 15) is 4.79 Å². The maximum atomic E-state index is 11.9. The number of hydrogen-bond acceptors (Lipinski definition) is 1. The van der Waals surface area contributed by atoms with Crippen LogP contribution in [0.2, 0.25) is 0 Å². The monoisotopic (exact) mass is 269 g/mol. The van der Waals surface area contributed by atoms with E-state index in [0.29, 0.717) is 6.54 Å². The van der Waals surface area contributed by atoms with Crippen molar-refractivity contribution in [2.45, 2.75) is 19.3 Å². The second-order valence-corrected chi connectivity index (χ2v) is 4.73. The molecule has 82 valence electrons. The highest BCUT2D eigenvalue weighted by atomic mass is 79.9. The minimum atomic E-state index is -0.469.